The zero-order chi connectivity index (χ0) is 14.9. The molecule has 0 spiro atoms. The number of benzene rings is 2. The first kappa shape index (κ1) is 15.0. The van der Waals surface area contributed by atoms with Crippen molar-refractivity contribution in [3.63, 3.8) is 0 Å². The molecule has 2 aromatic rings. The molecule has 0 saturated heterocycles. The van der Waals surface area contributed by atoms with Gasteiger partial charge in [-0.1, -0.05) is 29.3 Å². The molecule has 2 rings (SSSR count). The summed E-state index contributed by atoms with van der Waals surface area (Å²) < 4.78 is 43.5. The largest absolute Gasteiger partial charge is 0.497 e. The summed E-state index contributed by atoms with van der Waals surface area (Å²) >= 11 is 11.8. The highest BCUT2D eigenvalue weighted by molar-refractivity contribution is 6.36. The van der Waals surface area contributed by atoms with Gasteiger partial charge in [0.2, 0.25) is 0 Å². The zero-order valence-electron chi connectivity index (χ0n) is 10.3. The summed E-state index contributed by atoms with van der Waals surface area (Å²) in [5.41, 5.74) is -0.0170. The summed E-state index contributed by atoms with van der Waals surface area (Å²) in [6.07, 6.45) is -4.46. The smallest absolute Gasteiger partial charge is 0.416 e. The van der Waals surface area contributed by atoms with Gasteiger partial charge in [0.1, 0.15) is 5.75 Å². The third-order valence-corrected chi connectivity index (χ3v) is 3.26. The van der Waals surface area contributed by atoms with E-state index in [0.717, 1.165) is 12.1 Å². The van der Waals surface area contributed by atoms with E-state index in [-0.39, 0.29) is 10.8 Å². The van der Waals surface area contributed by atoms with Crippen LogP contribution in [-0.2, 0) is 6.18 Å². The Morgan fingerprint density at radius 2 is 1.70 bits per heavy atom. The van der Waals surface area contributed by atoms with Gasteiger partial charge >= 0.3 is 6.18 Å². The minimum Gasteiger partial charge on any atom is -0.497 e. The molecule has 0 aliphatic carbocycles. The van der Waals surface area contributed by atoms with Crippen LogP contribution in [0.25, 0.3) is 11.1 Å². The lowest BCUT2D eigenvalue weighted by atomic mass is 10.0. The Labute approximate surface area is 123 Å². The summed E-state index contributed by atoms with van der Waals surface area (Å²) in [7, 11) is 1.31. The first-order valence-corrected chi connectivity index (χ1v) is 6.28. The highest BCUT2D eigenvalue weighted by Gasteiger charge is 2.31. The number of rotatable bonds is 2. The summed E-state index contributed by atoms with van der Waals surface area (Å²) in [4.78, 5) is 0. The number of ether oxygens (including phenoxy) is 1. The van der Waals surface area contributed by atoms with Crippen LogP contribution in [0, 0.1) is 0 Å². The molecule has 20 heavy (non-hydrogen) atoms. The molecule has 0 aliphatic rings. The van der Waals surface area contributed by atoms with Crippen molar-refractivity contribution >= 4 is 23.2 Å². The monoisotopic (exact) mass is 320 g/mol. The molecule has 0 unspecified atom stereocenters. The van der Waals surface area contributed by atoms with E-state index in [1.165, 1.54) is 19.2 Å². The fourth-order valence-electron chi connectivity index (χ4n) is 1.76. The number of alkyl halides is 3. The van der Waals surface area contributed by atoms with E-state index >= 15 is 0 Å². The predicted molar refractivity (Wildman–Crippen MR) is 73.5 cm³/mol. The molecule has 0 aromatic heterocycles. The van der Waals surface area contributed by atoms with Gasteiger partial charge in [-0.2, -0.15) is 13.2 Å². The molecule has 2 aromatic carbocycles. The second-order valence-corrected chi connectivity index (χ2v) is 4.92. The Kier molecular flexibility index (Phi) is 4.16. The molecular formula is C14H9Cl2F3O. The van der Waals surface area contributed by atoms with Gasteiger partial charge in [0.15, 0.2) is 0 Å². The van der Waals surface area contributed by atoms with Gasteiger partial charge in [-0.3, -0.25) is 0 Å². The van der Waals surface area contributed by atoms with Gasteiger partial charge < -0.3 is 4.74 Å². The van der Waals surface area contributed by atoms with E-state index in [4.69, 9.17) is 27.9 Å². The minimum absolute atomic E-state index is 0.112. The van der Waals surface area contributed by atoms with Crippen molar-refractivity contribution in [3.8, 4) is 16.9 Å². The molecule has 0 saturated carbocycles. The Balaban J connectivity index is 2.61. The molecule has 1 nitrogen and oxygen atoms in total. The fourth-order valence-corrected chi connectivity index (χ4v) is 2.28. The van der Waals surface area contributed by atoms with Crippen LogP contribution < -0.4 is 4.74 Å². The van der Waals surface area contributed by atoms with Crippen molar-refractivity contribution in [1.29, 1.82) is 0 Å². The maximum absolute atomic E-state index is 12.9. The maximum atomic E-state index is 12.9. The van der Waals surface area contributed by atoms with E-state index < -0.39 is 11.7 Å². The van der Waals surface area contributed by atoms with Crippen molar-refractivity contribution in [2.24, 2.45) is 0 Å². The summed E-state index contributed by atoms with van der Waals surface area (Å²) in [6.45, 7) is 0. The second kappa shape index (κ2) is 5.54. The van der Waals surface area contributed by atoms with Crippen LogP contribution in [0.3, 0.4) is 0 Å². The lowest BCUT2D eigenvalue weighted by Crippen LogP contribution is -2.05. The minimum atomic E-state index is -4.46. The van der Waals surface area contributed by atoms with Crippen LogP contribution in [0.4, 0.5) is 13.2 Å². The average Bonchev–Trinajstić information content (AvgIpc) is 2.37. The first-order valence-electron chi connectivity index (χ1n) is 5.53. The number of halogens is 5. The van der Waals surface area contributed by atoms with E-state index in [2.05, 4.69) is 0 Å². The molecule has 0 bridgehead atoms. The standard InChI is InChI=1S/C14H9Cl2F3O/c1-20-11-5-8(4-9(6-11)14(17,18)19)12-3-2-10(15)7-13(12)16/h2-7H,1H3. The number of hydrogen-bond donors (Lipinski definition) is 0. The first-order chi connectivity index (χ1) is 9.31. The quantitative estimate of drug-likeness (QED) is 0.690. The summed E-state index contributed by atoms with van der Waals surface area (Å²) in [5.74, 6) is 0.112. The lowest BCUT2D eigenvalue weighted by molar-refractivity contribution is -0.137. The Morgan fingerprint density at radius 1 is 1.00 bits per heavy atom. The van der Waals surface area contributed by atoms with Crippen LogP contribution in [0.2, 0.25) is 10.0 Å². The summed E-state index contributed by atoms with van der Waals surface area (Å²) in [5, 5.41) is 0.691. The van der Waals surface area contributed by atoms with Gasteiger partial charge in [0.25, 0.3) is 0 Å². The maximum Gasteiger partial charge on any atom is 0.416 e. The van der Waals surface area contributed by atoms with Gasteiger partial charge in [-0.15, -0.1) is 0 Å². The normalized spacial score (nSPS) is 11.5. The van der Waals surface area contributed by atoms with E-state index in [1.807, 2.05) is 0 Å². The van der Waals surface area contributed by atoms with Gasteiger partial charge in [0, 0.05) is 15.6 Å². The van der Waals surface area contributed by atoms with Gasteiger partial charge in [-0.25, -0.2) is 0 Å². The van der Waals surface area contributed by atoms with E-state index in [1.54, 1.807) is 12.1 Å². The van der Waals surface area contributed by atoms with E-state index in [0.29, 0.717) is 16.1 Å². The highest BCUT2D eigenvalue weighted by Crippen LogP contribution is 2.38. The SMILES string of the molecule is COc1cc(-c2ccc(Cl)cc2Cl)cc(C(F)(F)F)c1. The topological polar surface area (TPSA) is 9.23 Å². The third-order valence-electron chi connectivity index (χ3n) is 2.71. The predicted octanol–water partition coefficient (Wildman–Crippen LogP) is 5.69. The van der Waals surface area contributed by atoms with Crippen LogP contribution in [0.5, 0.6) is 5.75 Å². The molecule has 0 aliphatic heterocycles. The molecule has 0 N–H and O–H groups in total. The molecule has 0 radical (unpaired) electrons. The number of methoxy groups -OCH3 is 1. The van der Waals surface area contributed by atoms with Crippen molar-refractivity contribution < 1.29 is 17.9 Å². The summed E-state index contributed by atoms with van der Waals surface area (Å²) in [6, 6.07) is 8.07. The van der Waals surface area contributed by atoms with Crippen molar-refractivity contribution in [2.45, 2.75) is 6.18 Å². The molecule has 0 amide bonds. The Bertz CT molecular complexity index is 639. The molecule has 0 fully saturated rings. The molecule has 0 heterocycles. The van der Waals surface area contributed by atoms with Crippen LogP contribution in [-0.4, -0.2) is 7.11 Å². The highest BCUT2D eigenvalue weighted by atomic mass is 35.5. The molecule has 106 valence electrons. The van der Waals surface area contributed by atoms with Gasteiger partial charge in [-0.05, 0) is 35.9 Å². The molecular weight excluding hydrogens is 312 g/mol. The fraction of sp³-hybridized carbons (Fsp3) is 0.143. The zero-order valence-corrected chi connectivity index (χ0v) is 11.8. The van der Waals surface area contributed by atoms with Crippen LogP contribution in [0.1, 0.15) is 5.56 Å². The van der Waals surface area contributed by atoms with Crippen molar-refractivity contribution in [1.82, 2.24) is 0 Å². The lowest BCUT2D eigenvalue weighted by Gasteiger charge is -2.12. The van der Waals surface area contributed by atoms with Crippen LogP contribution >= 0.6 is 23.2 Å². The van der Waals surface area contributed by atoms with Crippen molar-refractivity contribution in [3.05, 3.63) is 52.0 Å². The van der Waals surface area contributed by atoms with Gasteiger partial charge in [0.05, 0.1) is 12.7 Å². The molecule has 6 heteroatoms. The molecule has 0 atom stereocenters. The van der Waals surface area contributed by atoms with Crippen molar-refractivity contribution in [2.75, 3.05) is 7.11 Å². The van der Waals surface area contributed by atoms with E-state index in [9.17, 15) is 13.2 Å². The third kappa shape index (κ3) is 3.19. The van der Waals surface area contributed by atoms with Crippen LogP contribution in [0.15, 0.2) is 36.4 Å². The second-order valence-electron chi connectivity index (χ2n) is 4.07. The number of hydrogen-bond acceptors (Lipinski definition) is 1. The average molecular weight is 321 g/mol. The Morgan fingerprint density at radius 3 is 2.25 bits per heavy atom. The Hall–Kier alpha value is -1.39.